The second kappa shape index (κ2) is 7.07. The van der Waals surface area contributed by atoms with Crippen LogP contribution < -0.4 is 4.72 Å². The number of nitrogens with one attached hydrogen (secondary N) is 1. The number of benzene rings is 1. The molecule has 0 bridgehead atoms. The summed E-state index contributed by atoms with van der Waals surface area (Å²) in [6, 6.07) is 6.55. The minimum absolute atomic E-state index is 0.0280. The molecule has 1 aromatic rings. The van der Waals surface area contributed by atoms with Crippen molar-refractivity contribution in [2.45, 2.75) is 31.8 Å². The highest BCUT2D eigenvalue weighted by Gasteiger charge is 2.44. The van der Waals surface area contributed by atoms with Gasteiger partial charge in [-0.25, -0.2) is 17.5 Å². The van der Waals surface area contributed by atoms with Crippen LogP contribution in [0.5, 0.6) is 0 Å². The third-order valence-corrected chi connectivity index (χ3v) is 5.98. The zero-order valence-corrected chi connectivity index (χ0v) is 14.8. The molecule has 24 heavy (non-hydrogen) atoms. The molecular weight excluding hydrogens is 331 g/mol. The molecule has 0 radical (unpaired) electrons. The molecular formula is C17H25FN2O3S. The van der Waals surface area contributed by atoms with Crippen LogP contribution in [-0.2, 0) is 21.3 Å². The van der Waals surface area contributed by atoms with E-state index in [1.807, 2.05) is 6.07 Å². The Morgan fingerprint density at radius 3 is 2.75 bits per heavy atom. The summed E-state index contributed by atoms with van der Waals surface area (Å²) < 4.78 is 44.9. The first-order chi connectivity index (χ1) is 11.4. The van der Waals surface area contributed by atoms with Crippen LogP contribution in [0.25, 0.3) is 0 Å². The minimum Gasteiger partial charge on any atom is -0.380 e. The van der Waals surface area contributed by atoms with Crippen LogP contribution in [0.4, 0.5) is 4.39 Å². The first-order valence-electron chi connectivity index (χ1n) is 8.38. The second-order valence-electron chi connectivity index (χ2n) is 7.04. The van der Waals surface area contributed by atoms with Gasteiger partial charge in [0.05, 0.1) is 18.9 Å². The molecule has 0 aliphatic carbocycles. The fourth-order valence-corrected chi connectivity index (χ4v) is 4.73. The van der Waals surface area contributed by atoms with Crippen LogP contribution in [0.15, 0.2) is 24.3 Å². The summed E-state index contributed by atoms with van der Waals surface area (Å²) in [5.74, 6) is -0.206. The van der Waals surface area contributed by atoms with Crippen molar-refractivity contribution in [2.75, 3.05) is 32.6 Å². The van der Waals surface area contributed by atoms with Gasteiger partial charge < -0.3 is 4.74 Å². The van der Waals surface area contributed by atoms with E-state index in [1.54, 1.807) is 12.1 Å². The first-order valence-corrected chi connectivity index (χ1v) is 10.3. The fourth-order valence-electron chi connectivity index (χ4n) is 3.89. The molecule has 3 rings (SSSR count). The van der Waals surface area contributed by atoms with Gasteiger partial charge in [-0.1, -0.05) is 12.1 Å². The molecule has 1 unspecified atom stereocenters. The highest BCUT2D eigenvalue weighted by molar-refractivity contribution is 7.88. The summed E-state index contributed by atoms with van der Waals surface area (Å²) in [4.78, 5) is 2.31. The SMILES string of the molecule is CS(=O)(=O)NC1COCCC12CCN(Cc1cccc(F)c1)CC2. The first kappa shape index (κ1) is 17.8. The van der Waals surface area contributed by atoms with Crippen LogP contribution in [0, 0.1) is 11.2 Å². The average molecular weight is 356 g/mol. The van der Waals surface area contributed by atoms with Gasteiger partial charge in [0.2, 0.25) is 10.0 Å². The molecule has 1 aromatic carbocycles. The number of sulfonamides is 1. The standard InChI is InChI=1S/C17H25FN2O3S/c1-24(21,22)19-16-13-23-10-7-17(16)5-8-20(9-6-17)12-14-3-2-4-15(18)11-14/h2-4,11,16,19H,5-10,12-13H2,1H3. The van der Waals surface area contributed by atoms with E-state index >= 15 is 0 Å². The van der Waals surface area contributed by atoms with E-state index in [9.17, 15) is 12.8 Å². The number of hydrogen-bond donors (Lipinski definition) is 1. The molecule has 2 fully saturated rings. The fraction of sp³-hybridized carbons (Fsp3) is 0.647. The molecule has 1 N–H and O–H groups in total. The number of piperidine rings is 1. The molecule has 5 nitrogen and oxygen atoms in total. The topological polar surface area (TPSA) is 58.6 Å². The molecule has 2 heterocycles. The third kappa shape index (κ3) is 4.33. The molecule has 2 aliphatic rings. The lowest BCUT2D eigenvalue weighted by Gasteiger charge is -2.48. The van der Waals surface area contributed by atoms with E-state index in [1.165, 1.54) is 12.3 Å². The third-order valence-electron chi connectivity index (χ3n) is 5.27. The van der Waals surface area contributed by atoms with E-state index in [0.29, 0.717) is 13.2 Å². The number of hydrogen-bond acceptors (Lipinski definition) is 4. The van der Waals surface area contributed by atoms with Crippen molar-refractivity contribution in [1.82, 2.24) is 9.62 Å². The zero-order chi connectivity index (χ0) is 17.2. The lowest BCUT2D eigenvalue weighted by molar-refractivity contribution is -0.0445. The van der Waals surface area contributed by atoms with E-state index in [4.69, 9.17) is 4.74 Å². The van der Waals surface area contributed by atoms with Gasteiger partial charge in [0.15, 0.2) is 0 Å². The Morgan fingerprint density at radius 1 is 1.33 bits per heavy atom. The van der Waals surface area contributed by atoms with Gasteiger partial charge in [-0.05, 0) is 55.5 Å². The van der Waals surface area contributed by atoms with Crippen LogP contribution >= 0.6 is 0 Å². The van der Waals surface area contributed by atoms with Crippen LogP contribution in [-0.4, -0.2) is 51.9 Å². The smallest absolute Gasteiger partial charge is 0.209 e. The van der Waals surface area contributed by atoms with Crippen molar-refractivity contribution in [3.63, 3.8) is 0 Å². The second-order valence-corrected chi connectivity index (χ2v) is 8.82. The highest BCUT2D eigenvalue weighted by atomic mass is 32.2. The van der Waals surface area contributed by atoms with E-state index in [2.05, 4.69) is 9.62 Å². The molecule has 134 valence electrons. The maximum atomic E-state index is 13.3. The van der Waals surface area contributed by atoms with Crippen LogP contribution in [0.2, 0.25) is 0 Å². The van der Waals surface area contributed by atoms with Crippen molar-refractivity contribution < 1.29 is 17.5 Å². The summed E-state index contributed by atoms with van der Waals surface area (Å²) in [7, 11) is -3.25. The number of likely N-dealkylation sites (tertiary alicyclic amines) is 1. The van der Waals surface area contributed by atoms with E-state index in [0.717, 1.165) is 44.5 Å². The molecule has 0 amide bonds. The quantitative estimate of drug-likeness (QED) is 0.893. The van der Waals surface area contributed by atoms with Crippen molar-refractivity contribution in [2.24, 2.45) is 5.41 Å². The summed E-state index contributed by atoms with van der Waals surface area (Å²) in [6.45, 7) is 3.63. The number of halogens is 1. The van der Waals surface area contributed by atoms with E-state index < -0.39 is 10.0 Å². The Labute approximate surface area is 143 Å². The zero-order valence-electron chi connectivity index (χ0n) is 14.0. The Morgan fingerprint density at radius 2 is 2.08 bits per heavy atom. The van der Waals surface area contributed by atoms with Gasteiger partial charge in [0, 0.05) is 13.2 Å². The number of rotatable bonds is 4. The van der Waals surface area contributed by atoms with Gasteiger partial charge in [-0.15, -0.1) is 0 Å². The lowest BCUT2D eigenvalue weighted by Crippen LogP contribution is -2.57. The van der Waals surface area contributed by atoms with Gasteiger partial charge >= 0.3 is 0 Å². The molecule has 0 aromatic heterocycles. The summed E-state index contributed by atoms with van der Waals surface area (Å²) >= 11 is 0. The van der Waals surface area contributed by atoms with Crippen molar-refractivity contribution in [3.8, 4) is 0 Å². The molecule has 2 saturated heterocycles. The summed E-state index contributed by atoms with van der Waals surface area (Å²) in [6.07, 6.45) is 3.94. The maximum absolute atomic E-state index is 13.3. The highest BCUT2D eigenvalue weighted by Crippen LogP contribution is 2.41. The molecule has 1 spiro atoms. The van der Waals surface area contributed by atoms with E-state index in [-0.39, 0.29) is 17.3 Å². The van der Waals surface area contributed by atoms with Crippen LogP contribution in [0.3, 0.4) is 0 Å². The molecule has 0 saturated carbocycles. The van der Waals surface area contributed by atoms with Gasteiger partial charge in [-0.3, -0.25) is 4.90 Å². The van der Waals surface area contributed by atoms with Crippen LogP contribution in [0.1, 0.15) is 24.8 Å². The molecule has 7 heteroatoms. The Kier molecular flexibility index (Phi) is 5.24. The summed E-state index contributed by atoms with van der Waals surface area (Å²) in [5.41, 5.74) is 0.948. The molecule has 1 atom stereocenters. The monoisotopic (exact) mass is 356 g/mol. The predicted octanol–water partition coefficient (Wildman–Crippen LogP) is 1.75. The van der Waals surface area contributed by atoms with Crippen molar-refractivity contribution in [3.05, 3.63) is 35.6 Å². The predicted molar refractivity (Wildman–Crippen MR) is 90.5 cm³/mol. The van der Waals surface area contributed by atoms with Crippen molar-refractivity contribution >= 4 is 10.0 Å². The number of nitrogens with zero attached hydrogens (tertiary/aromatic N) is 1. The Hall–Kier alpha value is -1.02. The number of ether oxygens (including phenoxy) is 1. The maximum Gasteiger partial charge on any atom is 0.209 e. The van der Waals surface area contributed by atoms with Gasteiger partial charge in [-0.2, -0.15) is 0 Å². The largest absolute Gasteiger partial charge is 0.380 e. The normalized spacial score (nSPS) is 25.0. The van der Waals surface area contributed by atoms with Crippen molar-refractivity contribution in [1.29, 1.82) is 0 Å². The summed E-state index contributed by atoms with van der Waals surface area (Å²) in [5, 5.41) is 0. The lowest BCUT2D eigenvalue weighted by atomic mass is 9.69. The Bertz CT molecular complexity index is 672. The average Bonchev–Trinajstić information content (AvgIpc) is 2.51. The van der Waals surface area contributed by atoms with Gasteiger partial charge in [0.25, 0.3) is 0 Å². The Balaban J connectivity index is 1.63. The minimum atomic E-state index is -3.25. The molecule has 2 aliphatic heterocycles. The van der Waals surface area contributed by atoms with Gasteiger partial charge in [0.1, 0.15) is 5.82 Å².